The van der Waals surface area contributed by atoms with E-state index in [1.165, 1.54) is 18.2 Å². The molecule has 0 spiro atoms. The van der Waals surface area contributed by atoms with Gasteiger partial charge in [-0.3, -0.25) is 14.9 Å². The first kappa shape index (κ1) is 14.5. The van der Waals surface area contributed by atoms with Gasteiger partial charge >= 0.3 is 5.69 Å². The highest BCUT2D eigenvalue weighted by atomic mass is 16.6. The van der Waals surface area contributed by atoms with Crippen LogP contribution in [0.5, 0.6) is 11.5 Å². The molecule has 0 aromatic heterocycles. The van der Waals surface area contributed by atoms with Crippen LogP contribution in [0.2, 0.25) is 0 Å². The van der Waals surface area contributed by atoms with Gasteiger partial charge in [0.15, 0.2) is 5.75 Å². The summed E-state index contributed by atoms with van der Waals surface area (Å²) >= 11 is 0. The number of hydrogen-bond donors (Lipinski definition) is 0. The number of hydrogen-bond acceptors (Lipinski definition) is 5. The molecule has 108 valence electrons. The summed E-state index contributed by atoms with van der Waals surface area (Å²) < 4.78 is 10.5. The number of rotatable bonds is 6. The Bertz CT molecular complexity index is 652. The van der Waals surface area contributed by atoms with E-state index in [2.05, 4.69) is 0 Å². The summed E-state index contributed by atoms with van der Waals surface area (Å²) in [6.07, 6.45) is 0.615. The fraction of sp³-hybridized carbons (Fsp3) is 0.133. The second-order valence-electron chi connectivity index (χ2n) is 4.24. The maximum atomic E-state index is 10.9. The van der Waals surface area contributed by atoms with E-state index >= 15 is 0 Å². The standard InChI is InChI=1S/C15H13NO5/c1-20-13-5-2-11(3-6-13)10-21-15-8-12(9-17)4-7-14(15)16(18)19/h2-9H,10H2,1H3. The third kappa shape index (κ3) is 3.56. The van der Waals surface area contributed by atoms with Gasteiger partial charge in [0, 0.05) is 11.6 Å². The van der Waals surface area contributed by atoms with E-state index in [4.69, 9.17) is 9.47 Å². The first-order valence-electron chi connectivity index (χ1n) is 6.13. The van der Waals surface area contributed by atoms with Crippen molar-refractivity contribution in [3.63, 3.8) is 0 Å². The molecule has 0 saturated heterocycles. The third-order valence-electron chi connectivity index (χ3n) is 2.87. The van der Waals surface area contributed by atoms with E-state index in [0.29, 0.717) is 17.6 Å². The first-order valence-corrected chi connectivity index (χ1v) is 6.13. The molecule has 6 nitrogen and oxygen atoms in total. The summed E-state index contributed by atoms with van der Waals surface area (Å²) in [4.78, 5) is 21.1. The summed E-state index contributed by atoms with van der Waals surface area (Å²) in [5.41, 5.74) is 0.987. The van der Waals surface area contributed by atoms with Crippen molar-refractivity contribution >= 4 is 12.0 Å². The van der Waals surface area contributed by atoms with Crippen LogP contribution in [0.15, 0.2) is 42.5 Å². The van der Waals surface area contributed by atoms with Crippen molar-refractivity contribution in [2.45, 2.75) is 6.61 Å². The summed E-state index contributed by atoms with van der Waals surface area (Å²) in [7, 11) is 1.57. The van der Waals surface area contributed by atoms with Gasteiger partial charge in [-0.1, -0.05) is 12.1 Å². The average Bonchev–Trinajstić information content (AvgIpc) is 2.52. The number of carbonyl (C=O) groups is 1. The molecule has 0 unspecified atom stereocenters. The Labute approximate surface area is 121 Å². The minimum atomic E-state index is -0.544. The van der Waals surface area contributed by atoms with Gasteiger partial charge in [0.25, 0.3) is 0 Å². The van der Waals surface area contributed by atoms with E-state index in [-0.39, 0.29) is 18.0 Å². The lowest BCUT2D eigenvalue weighted by Crippen LogP contribution is -2.00. The predicted octanol–water partition coefficient (Wildman–Crippen LogP) is 2.99. The zero-order valence-electron chi connectivity index (χ0n) is 11.3. The normalized spacial score (nSPS) is 9.95. The van der Waals surface area contributed by atoms with Crippen molar-refractivity contribution in [3.8, 4) is 11.5 Å². The molecule has 21 heavy (non-hydrogen) atoms. The predicted molar refractivity (Wildman–Crippen MR) is 75.8 cm³/mol. The lowest BCUT2D eigenvalue weighted by molar-refractivity contribution is -0.385. The molecular formula is C15H13NO5. The Hall–Kier alpha value is -2.89. The van der Waals surface area contributed by atoms with Crippen LogP contribution in [0.3, 0.4) is 0 Å². The second-order valence-corrected chi connectivity index (χ2v) is 4.24. The maximum absolute atomic E-state index is 10.9. The lowest BCUT2D eigenvalue weighted by Gasteiger charge is -2.08. The van der Waals surface area contributed by atoms with Gasteiger partial charge in [0.2, 0.25) is 0 Å². The van der Waals surface area contributed by atoms with Gasteiger partial charge in [0.05, 0.1) is 12.0 Å². The van der Waals surface area contributed by atoms with Crippen molar-refractivity contribution in [3.05, 3.63) is 63.7 Å². The topological polar surface area (TPSA) is 78.7 Å². The number of ether oxygens (including phenoxy) is 2. The van der Waals surface area contributed by atoms with E-state index in [1.807, 2.05) is 0 Å². The van der Waals surface area contributed by atoms with Crippen LogP contribution in [-0.4, -0.2) is 18.3 Å². The minimum Gasteiger partial charge on any atom is -0.497 e. The van der Waals surface area contributed by atoms with Crippen LogP contribution >= 0.6 is 0 Å². The third-order valence-corrected chi connectivity index (χ3v) is 2.87. The van der Waals surface area contributed by atoms with Crippen LogP contribution in [0, 0.1) is 10.1 Å². The summed E-state index contributed by atoms with van der Waals surface area (Å²) in [5.74, 6) is 0.785. The zero-order valence-corrected chi connectivity index (χ0v) is 11.3. The van der Waals surface area contributed by atoms with Crippen molar-refractivity contribution in [1.82, 2.24) is 0 Å². The monoisotopic (exact) mass is 287 g/mol. The summed E-state index contributed by atoms with van der Waals surface area (Å²) in [6.45, 7) is 0.160. The van der Waals surface area contributed by atoms with E-state index in [1.54, 1.807) is 31.4 Å². The SMILES string of the molecule is COc1ccc(COc2cc(C=O)ccc2[N+](=O)[O-])cc1. The average molecular weight is 287 g/mol. The highest BCUT2D eigenvalue weighted by Crippen LogP contribution is 2.28. The Morgan fingerprint density at radius 1 is 1.19 bits per heavy atom. The van der Waals surface area contributed by atoms with Crippen molar-refractivity contribution < 1.29 is 19.2 Å². The molecule has 0 heterocycles. The summed E-state index contributed by atoms with van der Waals surface area (Å²) in [6, 6.07) is 11.1. The highest BCUT2D eigenvalue weighted by molar-refractivity contribution is 5.76. The molecule has 2 aromatic rings. The van der Waals surface area contributed by atoms with Gasteiger partial charge in [-0.15, -0.1) is 0 Å². The van der Waals surface area contributed by atoms with Crippen LogP contribution < -0.4 is 9.47 Å². The second kappa shape index (κ2) is 6.51. The number of nitro groups is 1. The fourth-order valence-corrected chi connectivity index (χ4v) is 1.75. The molecule has 0 fully saturated rings. The number of benzene rings is 2. The van der Waals surface area contributed by atoms with E-state index in [0.717, 1.165) is 5.56 Å². The van der Waals surface area contributed by atoms with Crippen LogP contribution in [0.25, 0.3) is 0 Å². The first-order chi connectivity index (χ1) is 10.1. The van der Waals surface area contributed by atoms with Gasteiger partial charge in [-0.2, -0.15) is 0 Å². The Morgan fingerprint density at radius 3 is 2.48 bits per heavy atom. The molecular weight excluding hydrogens is 274 g/mol. The molecule has 6 heteroatoms. The maximum Gasteiger partial charge on any atom is 0.310 e. The molecule has 0 atom stereocenters. The van der Waals surface area contributed by atoms with E-state index < -0.39 is 4.92 Å². The highest BCUT2D eigenvalue weighted by Gasteiger charge is 2.15. The minimum absolute atomic E-state index is 0.0698. The number of methoxy groups -OCH3 is 1. The fourth-order valence-electron chi connectivity index (χ4n) is 1.75. The number of nitrogens with zero attached hydrogens (tertiary/aromatic N) is 1. The Balaban J connectivity index is 2.17. The molecule has 0 aliphatic carbocycles. The molecule has 0 bridgehead atoms. The molecule has 0 saturated carbocycles. The van der Waals surface area contributed by atoms with Gasteiger partial charge in [-0.25, -0.2) is 0 Å². The van der Waals surface area contributed by atoms with E-state index in [9.17, 15) is 14.9 Å². The van der Waals surface area contributed by atoms with Gasteiger partial charge < -0.3 is 9.47 Å². The van der Waals surface area contributed by atoms with Crippen LogP contribution in [-0.2, 0) is 6.61 Å². The molecule has 2 aromatic carbocycles. The molecule has 0 radical (unpaired) electrons. The molecule has 0 N–H and O–H groups in total. The van der Waals surface area contributed by atoms with Crippen LogP contribution in [0.1, 0.15) is 15.9 Å². The van der Waals surface area contributed by atoms with Crippen molar-refractivity contribution in [1.29, 1.82) is 0 Å². The van der Waals surface area contributed by atoms with Gasteiger partial charge in [-0.05, 0) is 29.8 Å². The molecule has 0 amide bonds. The Morgan fingerprint density at radius 2 is 1.90 bits per heavy atom. The largest absolute Gasteiger partial charge is 0.497 e. The molecule has 2 rings (SSSR count). The van der Waals surface area contributed by atoms with Crippen molar-refractivity contribution in [2.75, 3.05) is 7.11 Å². The summed E-state index contributed by atoms with van der Waals surface area (Å²) in [5, 5.41) is 10.9. The number of nitro benzene ring substituents is 1. The van der Waals surface area contributed by atoms with Crippen LogP contribution in [0.4, 0.5) is 5.69 Å². The Kier molecular flexibility index (Phi) is 4.50. The smallest absolute Gasteiger partial charge is 0.310 e. The number of aldehydes is 1. The van der Waals surface area contributed by atoms with Crippen molar-refractivity contribution in [2.24, 2.45) is 0 Å². The quantitative estimate of drug-likeness (QED) is 0.463. The lowest BCUT2D eigenvalue weighted by atomic mass is 10.2. The van der Waals surface area contributed by atoms with Gasteiger partial charge in [0.1, 0.15) is 18.6 Å². The molecule has 0 aliphatic rings. The zero-order chi connectivity index (χ0) is 15.2. The number of carbonyl (C=O) groups excluding carboxylic acids is 1. The molecule has 0 aliphatic heterocycles.